The molecule has 1 aliphatic heterocycles. The van der Waals surface area contributed by atoms with Crippen LogP contribution >= 0.6 is 0 Å². The minimum atomic E-state index is -1.15. The van der Waals surface area contributed by atoms with Crippen LogP contribution in [0.4, 0.5) is 0 Å². The summed E-state index contributed by atoms with van der Waals surface area (Å²) in [6, 6.07) is 8.95. The van der Waals surface area contributed by atoms with E-state index in [1.165, 1.54) is 7.11 Å². The maximum Gasteiger partial charge on any atom is 0.226 e. The molecule has 0 aliphatic carbocycles. The maximum atomic E-state index is 12.8. The third-order valence-electron chi connectivity index (χ3n) is 4.94. The Morgan fingerprint density at radius 3 is 2.59 bits per heavy atom. The number of amides is 1. The highest BCUT2D eigenvalue weighted by molar-refractivity contribution is 5.98. The number of carbonyl (C=O) groups is 1. The van der Waals surface area contributed by atoms with Gasteiger partial charge in [-0.3, -0.25) is 9.78 Å². The highest BCUT2D eigenvalue weighted by Gasteiger charge is 2.30. The molecule has 1 amide bonds. The van der Waals surface area contributed by atoms with E-state index in [0.29, 0.717) is 29.4 Å². The summed E-state index contributed by atoms with van der Waals surface area (Å²) >= 11 is 0. The highest BCUT2D eigenvalue weighted by Crippen LogP contribution is 2.27. The molecule has 0 unspecified atom stereocenters. The van der Waals surface area contributed by atoms with Gasteiger partial charge in [0.25, 0.3) is 0 Å². The number of methoxy groups -OCH3 is 1. The Labute approximate surface area is 170 Å². The van der Waals surface area contributed by atoms with Gasteiger partial charge in [0.1, 0.15) is 0 Å². The van der Waals surface area contributed by atoms with Crippen molar-refractivity contribution in [3.8, 4) is 0 Å². The fraction of sp³-hybridized carbons (Fsp3) is 0.409. The minimum Gasteiger partial charge on any atom is -0.481 e. The molecule has 2 heterocycles. The van der Waals surface area contributed by atoms with Gasteiger partial charge in [0.15, 0.2) is 0 Å². The number of aliphatic imine (C=N–C) groups is 1. The molecule has 1 atom stereocenters. The van der Waals surface area contributed by atoms with Crippen LogP contribution in [0, 0.1) is 6.92 Å². The van der Waals surface area contributed by atoms with Crippen LogP contribution in [-0.4, -0.2) is 39.7 Å². The fourth-order valence-corrected chi connectivity index (χ4v) is 3.52. The van der Waals surface area contributed by atoms with Gasteiger partial charge in [-0.2, -0.15) is 0 Å². The summed E-state index contributed by atoms with van der Waals surface area (Å²) in [6.45, 7) is 5.48. The van der Waals surface area contributed by atoms with Crippen molar-refractivity contribution >= 4 is 11.8 Å². The Hall–Kier alpha value is -2.77. The summed E-state index contributed by atoms with van der Waals surface area (Å²) in [4.78, 5) is 21.5. The summed E-state index contributed by atoms with van der Waals surface area (Å²) in [6.07, 6.45) is 0.0288. The van der Waals surface area contributed by atoms with Crippen LogP contribution in [0.15, 0.2) is 35.3 Å². The van der Waals surface area contributed by atoms with Gasteiger partial charge < -0.3 is 20.3 Å². The van der Waals surface area contributed by atoms with E-state index in [9.17, 15) is 15.0 Å². The standard InChI is InChI=1S/C22H27N3O4/c1-13-5-7-14(8-6-13)20(22(2,3)28)25-18(27)10-16-9-15-11-23-21(29-4)19(15)17(12-26)24-16/h5-9,20,26,28H,10-12H2,1-4H3,(H,25,27)/t20-/m0/s1. The van der Waals surface area contributed by atoms with Gasteiger partial charge in [-0.05, 0) is 38.0 Å². The molecule has 154 valence electrons. The Morgan fingerprint density at radius 1 is 1.31 bits per heavy atom. The Kier molecular flexibility index (Phi) is 6.00. The minimum absolute atomic E-state index is 0.0288. The summed E-state index contributed by atoms with van der Waals surface area (Å²) in [5.74, 6) is 0.189. The topological polar surface area (TPSA) is 104 Å². The normalized spacial score (nSPS) is 14.2. The molecule has 1 aromatic heterocycles. The van der Waals surface area contributed by atoms with Gasteiger partial charge in [0.2, 0.25) is 11.8 Å². The number of aliphatic hydroxyl groups excluding tert-OH is 1. The third kappa shape index (κ3) is 4.63. The van der Waals surface area contributed by atoms with Crippen molar-refractivity contribution < 1.29 is 19.7 Å². The van der Waals surface area contributed by atoms with Crippen molar-refractivity contribution in [1.29, 1.82) is 0 Å². The average molecular weight is 397 g/mol. The number of nitrogens with one attached hydrogen (secondary N) is 1. The van der Waals surface area contributed by atoms with E-state index in [4.69, 9.17) is 4.74 Å². The number of hydrogen-bond acceptors (Lipinski definition) is 6. The van der Waals surface area contributed by atoms with E-state index < -0.39 is 11.6 Å². The van der Waals surface area contributed by atoms with Crippen molar-refractivity contribution in [1.82, 2.24) is 10.3 Å². The Balaban J connectivity index is 1.80. The molecule has 0 bridgehead atoms. The monoisotopic (exact) mass is 397 g/mol. The molecule has 1 aromatic carbocycles. The third-order valence-corrected chi connectivity index (χ3v) is 4.94. The zero-order valence-corrected chi connectivity index (χ0v) is 17.2. The molecule has 3 rings (SSSR count). The number of aliphatic hydroxyl groups is 2. The van der Waals surface area contributed by atoms with E-state index in [-0.39, 0.29) is 18.9 Å². The first-order valence-corrected chi connectivity index (χ1v) is 9.52. The summed E-state index contributed by atoms with van der Waals surface area (Å²) in [5, 5.41) is 23.2. The van der Waals surface area contributed by atoms with E-state index in [2.05, 4.69) is 15.3 Å². The molecule has 1 aliphatic rings. The van der Waals surface area contributed by atoms with Crippen LogP contribution in [0.25, 0.3) is 0 Å². The van der Waals surface area contributed by atoms with Crippen LogP contribution in [-0.2, 0) is 29.1 Å². The van der Waals surface area contributed by atoms with Gasteiger partial charge in [-0.15, -0.1) is 0 Å². The number of rotatable bonds is 6. The van der Waals surface area contributed by atoms with Crippen LogP contribution in [0.2, 0.25) is 0 Å². The molecule has 0 saturated heterocycles. The van der Waals surface area contributed by atoms with E-state index in [1.807, 2.05) is 37.3 Å². The Bertz CT molecular complexity index is 930. The van der Waals surface area contributed by atoms with Gasteiger partial charge in [0.05, 0.1) is 55.3 Å². The second-order valence-corrected chi connectivity index (χ2v) is 7.82. The number of pyridine rings is 1. The molecule has 2 aromatic rings. The number of aromatic nitrogens is 1. The number of ether oxygens (including phenoxy) is 1. The first-order chi connectivity index (χ1) is 13.7. The molecule has 0 fully saturated rings. The van der Waals surface area contributed by atoms with Crippen molar-refractivity contribution in [2.24, 2.45) is 4.99 Å². The van der Waals surface area contributed by atoms with E-state index in [1.54, 1.807) is 13.8 Å². The molecule has 29 heavy (non-hydrogen) atoms. The SMILES string of the molecule is COC1=NCc2cc(CC(=O)N[C@@H](c3ccc(C)cc3)C(C)(C)O)nc(CO)c21. The first-order valence-electron chi connectivity index (χ1n) is 9.52. The quantitative estimate of drug-likeness (QED) is 0.691. The average Bonchev–Trinajstić information content (AvgIpc) is 3.08. The van der Waals surface area contributed by atoms with Crippen molar-refractivity contribution in [3.05, 3.63) is 64.0 Å². The van der Waals surface area contributed by atoms with E-state index in [0.717, 1.165) is 16.7 Å². The lowest BCUT2D eigenvalue weighted by atomic mass is 9.91. The second-order valence-electron chi connectivity index (χ2n) is 7.82. The van der Waals surface area contributed by atoms with Crippen LogP contribution in [0.3, 0.4) is 0 Å². The van der Waals surface area contributed by atoms with Crippen LogP contribution in [0.1, 0.15) is 53.5 Å². The maximum absolute atomic E-state index is 12.8. The largest absolute Gasteiger partial charge is 0.481 e. The van der Waals surface area contributed by atoms with Gasteiger partial charge in [0, 0.05) is 0 Å². The molecule has 0 radical (unpaired) electrons. The van der Waals surface area contributed by atoms with Gasteiger partial charge in [-0.1, -0.05) is 29.8 Å². The lowest BCUT2D eigenvalue weighted by Gasteiger charge is -2.30. The van der Waals surface area contributed by atoms with Crippen LogP contribution in [0.5, 0.6) is 0 Å². The highest BCUT2D eigenvalue weighted by atomic mass is 16.5. The Morgan fingerprint density at radius 2 is 2.00 bits per heavy atom. The van der Waals surface area contributed by atoms with Crippen molar-refractivity contribution in [2.75, 3.05) is 7.11 Å². The lowest BCUT2D eigenvalue weighted by molar-refractivity contribution is -0.123. The summed E-state index contributed by atoms with van der Waals surface area (Å²) in [5.41, 5.74) is 3.35. The zero-order chi connectivity index (χ0) is 21.2. The molecular weight excluding hydrogens is 370 g/mol. The lowest BCUT2D eigenvalue weighted by Crippen LogP contribution is -2.42. The summed E-state index contributed by atoms with van der Waals surface area (Å²) in [7, 11) is 1.53. The first kappa shape index (κ1) is 21.0. The fourth-order valence-electron chi connectivity index (χ4n) is 3.52. The molecule has 7 nitrogen and oxygen atoms in total. The van der Waals surface area contributed by atoms with E-state index >= 15 is 0 Å². The number of fused-ring (bicyclic) bond motifs is 1. The molecular formula is C22H27N3O4. The molecule has 0 spiro atoms. The van der Waals surface area contributed by atoms with Gasteiger partial charge >= 0.3 is 0 Å². The predicted octanol–water partition coefficient (Wildman–Crippen LogP) is 1.96. The molecule has 3 N–H and O–H groups in total. The number of carbonyl (C=O) groups excluding carboxylic acids is 1. The molecule has 7 heteroatoms. The smallest absolute Gasteiger partial charge is 0.226 e. The predicted molar refractivity (Wildman–Crippen MR) is 109 cm³/mol. The van der Waals surface area contributed by atoms with Gasteiger partial charge in [-0.25, -0.2) is 4.99 Å². The van der Waals surface area contributed by atoms with Crippen LogP contribution < -0.4 is 5.32 Å². The number of nitrogens with zero attached hydrogens (tertiary/aromatic N) is 2. The number of benzene rings is 1. The van der Waals surface area contributed by atoms with Crippen molar-refractivity contribution in [3.63, 3.8) is 0 Å². The zero-order valence-electron chi connectivity index (χ0n) is 17.2. The van der Waals surface area contributed by atoms with Crippen molar-refractivity contribution in [2.45, 2.75) is 52.0 Å². The number of aryl methyl sites for hydroxylation is 1. The molecule has 0 saturated carbocycles. The summed E-state index contributed by atoms with van der Waals surface area (Å²) < 4.78 is 5.24. The number of hydrogen-bond donors (Lipinski definition) is 3. The second kappa shape index (κ2) is 8.31.